The minimum atomic E-state index is 0.139. The van der Waals surface area contributed by atoms with Crippen LogP contribution < -0.4 is 0 Å². The molecule has 0 N–H and O–H groups in total. The summed E-state index contributed by atoms with van der Waals surface area (Å²) in [5, 5.41) is 10.1. The molecule has 0 fully saturated rings. The van der Waals surface area contributed by atoms with Crippen LogP contribution in [0.2, 0.25) is 5.02 Å². The quantitative estimate of drug-likeness (QED) is 0.287. The van der Waals surface area contributed by atoms with Gasteiger partial charge in [0.05, 0.1) is 11.6 Å². The number of halogens is 1. The fraction of sp³-hybridized carbons (Fsp3) is 0.174. The largest absolute Gasteiger partial charge is 0.387 e. The van der Waals surface area contributed by atoms with Crippen molar-refractivity contribution in [1.29, 1.82) is 0 Å². The van der Waals surface area contributed by atoms with E-state index in [1.807, 2.05) is 30.3 Å². The SMILES string of the molecule is Cc1c(C)n(Cc2ccncc2)c2ncn3nc(CO/N=C\c4ccccc4Cl)nc3c12. The van der Waals surface area contributed by atoms with Crippen molar-refractivity contribution < 1.29 is 4.84 Å². The molecule has 0 amide bonds. The molecule has 0 aliphatic carbocycles. The number of benzene rings is 1. The number of hydrogen-bond acceptors (Lipinski definition) is 6. The van der Waals surface area contributed by atoms with Gasteiger partial charge < -0.3 is 9.40 Å². The number of fused-ring (bicyclic) bond motifs is 3. The molecule has 0 atom stereocenters. The highest BCUT2D eigenvalue weighted by Crippen LogP contribution is 2.27. The maximum Gasteiger partial charge on any atom is 0.192 e. The lowest BCUT2D eigenvalue weighted by Gasteiger charge is -2.07. The van der Waals surface area contributed by atoms with Gasteiger partial charge in [0.2, 0.25) is 0 Å². The van der Waals surface area contributed by atoms with Gasteiger partial charge in [-0.05, 0) is 43.2 Å². The molecule has 4 aromatic heterocycles. The summed E-state index contributed by atoms with van der Waals surface area (Å²) in [6.07, 6.45) is 6.86. The van der Waals surface area contributed by atoms with E-state index in [1.54, 1.807) is 35.5 Å². The van der Waals surface area contributed by atoms with E-state index in [2.05, 4.69) is 43.6 Å². The molecule has 8 nitrogen and oxygen atoms in total. The number of oxime groups is 1. The molecular weight excluding hydrogens is 426 g/mol. The second kappa shape index (κ2) is 8.39. The summed E-state index contributed by atoms with van der Waals surface area (Å²) in [4.78, 5) is 18.9. The van der Waals surface area contributed by atoms with Crippen LogP contribution >= 0.6 is 11.6 Å². The van der Waals surface area contributed by atoms with Gasteiger partial charge in [-0.1, -0.05) is 35.0 Å². The Morgan fingerprint density at radius 2 is 1.91 bits per heavy atom. The summed E-state index contributed by atoms with van der Waals surface area (Å²) in [6, 6.07) is 11.4. The van der Waals surface area contributed by atoms with Gasteiger partial charge in [0, 0.05) is 35.2 Å². The summed E-state index contributed by atoms with van der Waals surface area (Å²) in [7, 11) is 0. The Morgan fingerprint density at radius 1 is 1.09 bits per heavy atom. The second-order valence-corrected chi connectivity index (χ2v) is 7.83. The van der Waals surface area contributed by atoms with Gasteiger partial charge in [-0.3, -0.25) is 4.98 Å². The van der Waals surface area contributed by atoms with E-state index in [9.17, 15) is 0 Å². The molecule has 0 unspecified atom stereocenters. The minimum Gasteiger partial charge on any atom is -0.387 e. The van der Waals surface area contributed by atoms with Gasteiger partial charge in [-0.25, -0.2) is 14.5 Å². The Bertz CT molecular complexity index is 1440. The molecule has 0 saturated carbocycles. The van der Waals surface area contributed by atoms with Crippen molar-refractivity contribution >= 4 is 34.5 Å². The zero-order valence-electron chi connectivity index (χ0n) is 17.6. The first-order chi connectivity index (χ1) is 15.6. The van der Waals surface area contributed by atoms with Crippen LogP contribution in [0.1, 0.15) is 28.2 Å². The molecule has 32 heavy (non-hydrogen) atoms. The minimum absolute atomic E-state index is 0.139. The molecular formula is C23H20ClN7O. The molecule has 5 aromatic rings. The van der Waals surface area contributed by atoms with E-state index in [1.165, 1.54) is 0 Å². The number of aryl methyl sites for hydroxylation is 1. The number of nitrogens with zero attached hydrogens (tertiary/aromatic N) is 7. The van der Waals surface area contributed by atoms with Gasteiger partial charge in [-0.2, -0.15) is 0 Å². The molecule has 0 saturated heterocycles. The van der Waals surface area contributed by atoms with Crippen LogP contribution in [0.3, 0.4) is 0 Å². The highest BCUT2D eigenvalue weighted by molar-refractivity contribution is 6.33. The lowest BCUT2D eigenvalue weighted by atomic mass is 10.2. The average molecular weight is 446 g/mol. The monoisotopic (exact) mass is 445 g/mol. The lowest BCUT2D eigenvalue weighted by molar-refractivity contribution is 0.126. The van der Waals surface area contributed by atoms with E-state index in [4.69, 9.17) is 16.4 Å². The van der Waals surface area contributed by atoms with Crippen LogP contribution in [-0.4, -0.2) is 35.3 Å². The number of hydrogen-bond donors (Lipinski definition) is 0. The van der Waals surface area contributed by atoms with Crippen LogP contribution in [0.4, 0.5) is 0 Å². The summed E-state index contributed by atoms with van der Waals surface area (Å²) in [5.74, 6) is 0.523. The van der Waals surface area contributed by atoms with E-state index in [-0.39, 0.29) is 6.61 Å². The summed E-state index contributed by atoms with van der Waals surface area (Å²) in [5.41, 5.74) is 5.84. The van der Waals surface area contributed by atoms with Crippen molar-refractivity contribution in [2.24, 2.45) is 5.16 Å². The van der Waals surface area contributed by atoms with E-state index < -0.39 is 0 Å². The van der Waals surface area contributed by atoms with Gasteiger partial charge in [0.1, 0.15) is 12.0 Å². The van der Waals surface area contributed by atoms with Gasteiger partial charge >= 0.3 is 0 Å². The van der Waals surface area contributed by atoms with Crippen LogP contribution in [-0.2, 0) is 18.0 Å². The molecule has 5 rings (SSSR count). The topological polar surface area (TPSA) is 82.5 Å². The van der Waals surface area contributed by atoms with E-state index in [0.717, 1.165) is 39.1 Å². The Labute approximate surface area is 189 Å². The molecule has 1 aromatic carbocycles. The van der Waals surface area contributed by atoms with Crippen molar-refractivity contribution in [1.82, 2.24) is 29.1 Å². The Hall–Kier alpha value is -3.78. The van der Waals surface area contributed by atoms with Crippen molar-refractivity contribution in [3.63, 3.8) is 0 Å². The molecule has 0 aliphatic rings. The number of rotatable bonds is 6. The maximum absolute atomic E-state index is 6.12. The predicted molar refractivity (Wildman–Crippen MR) is 123 cm³/mol. The van der Waals surface area contributed by atoms with Crippen LogP contribution in [0, 0.1) is 13.8 Å². The van der Waals surface area contributed by atoms with Crippen molar-refractivity contribution in [3.05, 3.63) is 88.4 Å². The zero-order valence-corrected chi connectivity index (χ0v) is 18.4. The fourth-order valence-corrected chi connectivity index (χ4v) is 3.85. The van der Waals surface area contributed by atoms with Crippen molar-refractivity contribution in [2.75, 3.05) is 0 Å². The van der Waals surface area contributed by atoms with Crippen LogP contribution in [0.25, 0.3) is 16.7 Å². The molecule has 0 aliphatic heterocycles. The molecule has 0 radical (unpaired) electrons. The second-order valence-electron chi connectivity index (χ2n) is 7.42. The first-order valence-corrected chi connectivity index (χ1v) is 10.5. The first kappa shape index (κ1) is 20.1. The highest BCUT2D eigenvalue weighted by atomic mass is 35.5. The number of pyridine rings is 1. The first-order valence-electron chi connectivity index (χ1n) is 10.1. The summed E-state index contributed by atoms with van der Waals surface area (Å²) in [6.45, 7) is 5.03. The Balaban J connectivity index is 1.43. The highest BCUT2D eigenvalue weighted by Gasteiger charge is 2.18. The predicted octanol–water partition coefficient (Wildman–Crippen LogP) is 4.34. The lowest BCUT2D eigenvalue weighted by Crippen LogP contribution is -2.03. The zero-order chi connectivity index (χ0) is 22.1. The normalized spacial score (nSPS) is 11.7. The standard InChI is InChI=1S/C23H20ClN7O/c1-15-16(2)30(12-17-7-9-25-10-8-17)22-21(15)23-28-20(29-31(23)14-26-22)13-32-27-11-18-5-3-4-6-19(18)24/h3-11,14H,12-13H2,1-2H3/b27-11-. The number of aromatic nitrogens is 6. The fourth-order valence-electron chi connectivity index (χ4n) is 3.67. The van der Waals surface area contributed by atoms with E-state index in [0.29, 0.717) is 17.4 Å². The maximum atomic E-state index is 6.12. The molecule has 4 heterocycles. The van der Waals surface area contributed by atoms with Gasteiger partial charge in [0.25, 0.3) is 0 Å². The molecule has 160 valence electrons. The summed E-state index contributed by atoms with van der Waals surface area (Å²) < 4.78 is 3.88. The Kier molecular flexibility index (Phi) is 5.28. The van der Waals surface area contributed by atoms with Crippen LogP contribution in [0.15, 0.2) is 60.3 Å². The molecule has 0 spiro atoms. The third kappa shape index (κ3) is 3.69. The van der Waals surface area contributed by atoms with Gasteiger partial charge in [0.15, 0.2) is 18.1 Å². The molecule has 9 heteroatoms. The van der Waals surface area contributed by atoms with Gasteiger partial charge in [-0.15, -0.1) is 5.10 Å². The molecule has 0 bridgehead atoms. The van der Waals surface area contributed by atoms with Crippen molar-refractivity contribution in [3.8, 4) is 0 Å². The van der Waals surface area contributed by atoms with Crippen molar-refractivity contribution in [2.45, 2.75) is 27.0 Å². The smallest absolute Gasteiger partial charge is 0.192 e. The van der Waals surface area contributed by atoms with Crippen LogP contribution in [0.5, 0.6) is 0 Å². The third-order valence-corrected chi connectivity index (χ3v) is 5.79. The Morgan fingerprint density at radius 3 is 2.72 bits per heavy atom. The average Bonchev–Trinajstić information content (AvgIpc) is 3.33. The summed E-state index contributed by atoms with van der Waals surface area (Å²) >= 11 is 6.12. The third-order valence-electron chi connectivity index (χ3n) is 5.45. The van der Waals surface area contributed by atoms with E-state index >= 15 is 0 Å².